The molecular weight excluding hydrogens is 352 g/mol. The van der Waals surface area contributed by atoms with Gasteiger partial charge in [0.15, 0.2) is 5.41 Å². The molecule has 2 aromatic rings. The molecule has 0 spiro atoms. The third-order valence-corrected chi connectivity index (χ3v) is 6.67. The number of hydrogen-bond donors (Lipinski definition) is 0. The van der Waals surface area contributed by atoms with E-state index in [2.05, 4.69) is 18.2 Å². The Bertz CT molecular complexity index is 944. The van der Waals surface area contributed by atoms with E-state index in [1.165, 1.54) is 19.8 Å². The maximum Gasteiger partial charge on any atom is 0.324 e. The van der Waals surface area contributed by atoms with Crippen LogP contribution >= 0.6 is 0 Å². The predicted molar refractivity (Wildman–Crippen MR) is 106 cm³/mol. The molecule has 0 radical (unpaired) electrons. The lowest BCUT2D eigenvalue weighted by Gasteiger charge is -2.40. The third kappa shape index (κ3) is 2.30. The van der Waals surface area contributed by atoms with Crippen LogP contribution in [0.15, 0.2) is 60.2 Å². The van der Waals surface area contributed by atoms with Gasteiger partial charge in [-0.05, 0) is 35.4 Å². The zero-order chi connectivity index (χ0) is 19.9. The molecule has 4 nitrogen and oxygen atoms in total. The Morgan fingerprint density at radius 3 is 2.18 bits per heavy atom. The molecule has 144 valence electrons. The molecular formula is C24H24O4. The highest BCUT2D eigenvalue weighted by atomic mass is 16.5. The number of esters is 2. The summed E-state index contributed by atoms with van der Waals surface area (Å²) in [6.45, 7) is 1.98. The lowest BCUT2D eigenvalue weighted by atomic mass is 9.61. The number of allylic oxidation sites excluding steroid dienone is 1. The molecule has 0 saturated heterocycles. The van der Waals surface area contributed by atoms with Gasteiger partial charge in [0, 0.05) is 5.41 Å². The number of carbonyl (C=O) groups excluding carboxylic acids is 2. The van der Waals surface area contributed by atoms with E-state index in [4.69, 9.17) is 9.47 Å². The Labute approximate surface area is 165 Å². The quantitative estimate of drug-likeness (QED) is 0.602. The topological polar surface area (TPSA) is 52.6 Å². The van der Waals surface area contributed by atoms with Gasteiger partial charge in [-0.3, -0.25) is 9.59 Å². The Morgan fingerprint density at radius 2 is 1.54 bits per heavy atom. The number of hydrogen-bond acceptors (Lipinski definition) is 4. The van der Waals surface area contributed by atoms with Crippen molar-refractivity contribution in [3.63, 3.8) is 0 Å². The summed E-state index contributed by atoms with van der Waals surface area (Å²) in [7, 11) is 2.67. The van der Waals surface area contributed by atoms with Gasteiger partial charge in [0.1, 0.15) is 0 Å². The molecule has 2 aliphatic carbocycles. The minimum atomic E-state index is -1.42. The Morgan fingerprint density at radius 1 is 0.929 bits per heavy atom. The van der Waals surface area contributed by atoms with E-state index in [9.17, 15) is 9.59 Å². The van der Waals surface area contributed by atoms with Crippen molar-refractivity contribution in [2.75, 3.05) is 14.2 Å². The van der Waals surface area contributed by atoms with Gasteiger partial charge in [-0.25, -0.2) is 0 Å². The number of benzene rings is 2. The van der Waals surface area contributed by atoms with Crippen molar-refractivity contribution >= 4 is 18.0 Å². The summed E-state index contributed by atoms with van der Waals surface area (Å²) in [4.78, 5) is 26.4. The van der Waals surface area contributed by atoms with E-state index in [1.807, 2.05) is 49.4 Å². The van der Waals surface area contributed by atoms with Crippen molar-refractivity contribution in [3.8, 4) is 0 Å². The van der Waals surface area contributed by atoms with E-state index in [0.717, 1.165) is 23.1 Å². The van der Waals surface area contributed by atoms with Crippen molar-refractivity contribution in [1.82, 2.24) is 0 Å². The zero-order valence-electron chi connectivity index (χ0n) is 16.4. The summed E-state index contributed by atoms with van der Waals surface area (Å²) in [6.07, 6.45) is 3.32. The fourth-order valence-corrected chi connectivity index (χ4v) is 5.27. The van der Waals surface area contributed by atoms with E-state index < -0.39 is 22.8 Å². The summed E-state index contributed by atoms with van der Waals surface area (Å²) in [5, 5.41) is 0. The fraction of sp³-hybridized carbons (Fsp3) is 0.333. The molecule has 2 atom stereocenters. The van der Waals surface area contributed by atoms with Crippen molar-refractivity contribution in [2.24, 2.45) is 11.3 Å². The van der Waals surface area contributed by atoms with E-state index >= 15 is 0 Å². The van der Waals surface area contributed by atoms with Crippen molar-refractivity contribution < 1.29 is 19.1 Å². The highest BCUT2D eigenvalue weighted by molar-refractivity contribution is 6.04. The van der Waals surface area contributed by atoms with Gasteiger partial charge < -0.3 is 9.47 Å². The third-order valence-electron chi connectivity index (χ3n) is 6.67. The zero-order valence-corrected chi connectivity index (χ0v) is 16.4. The number of ether oxygens (including phenoxy) is 2. The molecule has 4 rings (SSSR count). The summed E-state index contributed by atoms with van der Waals surface area (Å²) in [6, 6.07) is 18.0. The highest BCUT2D eigenvalue weighted by Crippen LogP contribution is 2.62. The molecule has 0 aromatic heterocycles. The monoisotopic (exact) mass is 376 g/mol. The highest BCUT2D eigenvalue weighted by Gasteiger charge is 2.69. The summed E-state index contributed by atoms with van der Waals surface area (Å²) in [5.41, 5.74) is 2.11. The summed E-state index contributed by atoms with van der Waals surface area (Å²) in [5.74, 6) is -1.01. The Kier molecular flexibility index (Phi) is 4.37. The molecule has 1 saturated carbocycles. The Hall–Kier alpha value is -2.88. The molecule has 0 bridgehead atoms. The number of methoxy groups -OCH3 is 2. The smallest absolute Gasteiger partial charge is 0.324 e. The van der Waals surface area contributed by atoms with Crippen LogP contribution in [0.4, 0.5) is 0 Å². The van der Waals surface area contributed by atoms with Crippen LogP contribution in [0.3, 0.4) is 0 Å². The molecule has 1 fully saturated rings. The minimum Gasteiger partial charge on any atom is -0.468 e. The van der Waals surface area contributed by atoms with Crippen LogP contribution in [0, 0.1) is 11.3 Å². The largest absolute Gasteiger partial charge is 0.468 e. The van der Waals surface area contributed by atoms with Crippen molar-refractivity contribution in [1.29, 1.82) is 0 Å². The minimum absolute atomic E-state index is 0.0679. The van der Waals surface area contributed by atoms with Gasteiger partial charge >= 0.3 is 11.9 Å². The molecule has 0 N–H and O–H groups in total. The van der Waals surface area contributed by atoms with Gasteiger partial charge in [-0.1, -0.05) is 73.2 Å². The van der Waals surface area contributed by atoms with Crippen LogP contribution in [0.25, 0.3) is 6.08 Å². The molecule has 0 heterocycles. The molecule has 28 heavy (non-hydrogen) atoms. The van der Waals surface area contributed by atoms with Crippen LogP contribution in [0.2, 0.25) is 0 Å². The average molecular weight is 376 g/mol. The molecule has 2 aromatic carbocycles. The first-order valence-electron chi connectivity index (χ1n) is 9.51. The van der Waals surface area contributed by atoms with Gasteiger partial charge in [-0.2, -0.15) is 0 Å². The van der Waals surface area contributed by atoms with Gasteiger partial charge in [0.05, 0.1) is 14.2 Å². The lowest BCUT2D eigenvalue weighted by Crippen LogP contribution is -2.52. The maximum atomic E-state index is 13.2. The molecule has 2 unspecified atom stereocenters. The second-order valence-electron chi connectivity index (χ2n) is 7.78. The maximum absolute atomic E-state index is 13.2. The van der Waals surface area contributed by atoms with Crippen LogP contribution < -0.4 is 0 Å². The van der Waals surface area contributed by atoms with Gasteiger partial charge in [0.2, 0.25) is 0 Å². The van der Waals surface area contributed by atoms with Crippen LogP contribution in [-0.2, 0) is 30.9 Å². The first-order chi connectivity index (χ1) is 13.5. The lowest BCUT2D eigenvalue weighted by molar-refractivity contribution is -0.173. The molecule has 0 amide bonds. The van der Waals surface area contributed by atoms with E-state index in [1.54, 1.807) is 0 Å². The normalized spacial score (nSPS) is 24.5. The van der Waals surface area contributed by atoms with Gasteiger partial charge in [0.25, 0.3) is 0 Å². The van der Waals surface area contributed by atoms with Crippen LogP contribution in [-0.4, -0.2) is 26.2 Å². The standard InChI is InChI=1S/C24H24O4/c1-23(19-11-5-4-6-12-19)20-14-17-10-8-7-9-16(17)13-18(20)15-24(23,21(25)27-2)22(26)28-3/h4-12,14,18H,13,15H2,1-3H3. The SMILES string of the molecule is COC(=O)C1(C(=O)OC)CC2Cc3ccccc3C=C2C1(C)c1ccccc1. The second-order valence-corrected chi connectivity index (χ2v) is 7.78. The molecule has 4 heteroatoms. The summed E-state index contributed by atoms with van der Waals surface area (Å²) >= 11 is 0. The Balaban J connectivity index is 2.02. The molecule has 0 aliphatic heterocycles. The van der Waals surface area contributed by atoms with Crippen molar-refractivity contribution in [3.05, 3.63) is 76.9 Å². The summed E-state index contributed by atoms with van der Waals surface area (Å²) < 4.78 is 10.4. The first-order valence-corrected chi connectivity index (χ1v) is 9.51. The first kappa shape index (κ1) is 18.5. The van der Waals surface area contributed by atoms with Crippen molar-refractivity contribution in [2.45, 2.75) is 25.2 Å². The van der Waals surface area contributed by atoms with Gasteiger partial charge in [-0.15, -0.1) is 0 Å². The van der Waals surface area contributed by atoms with E-state index in [-0.39, 0.29) is 5.92 Å². The molecule has 2 aliphatic rings. The number of fused-ring (bicyclic) bond motifs is 2. The fourth-order valence-electron chi connectivity index (χ4n) is 5.27. The van der Waals surface area contributed by atoms with Crippen LogP contribution in [0.5, 0.6) is 0 Å². The average Bonchev–Trinajstić information content (AvgIpc) is 3.01. The number of rotatable bonds is 3. The predicted octanol–water partition coefficient (Wildman–Crippen LogP) is 3.94. The second kappa shape index (κ2) is 6.62. The van der Waals surface area contributed by atoms with E-state index in [0.29, 0.717) is 6.42 Å². The number of carbonyl (C=O) groups is 2. The van der Waals surface area contributed by atoms with Crippen LogP contribution in [0.1, 0.15) is 30.0 Å².